The highest BCUT2D eigenvalue weighted by atomic mass is 35.5. The van der Waals surface area contributed by atoms with Gasteiger partial charge in [0.2, 0.25) is 5.91 Å². The van der Waals surface area contributed by atoms with E-state index in [1.54, 1.807) is 48.0 Å². The van der Waals surface area contributed by atoms with Crippen molar-refractivity contribution in [3.8, 4) is 6.07 Å². The molecule has 0 aliphatic carbocycles. The molecule has 2 N–H and O–H groups in total. The summed E-state index contributed by atoms with van der Waals surface area (Å²) in [5.74, 6) is -0.619. The molecule has 0 fully saturated rings. The third-order valence-corrected chi connectivity index (χ3v) is 4.84. The fourth-order valence-electron chi connectivity index (χ4n) is 3.01. The van der Waals surface area contributed by atoms with Gasteiger partial charge in [0.1, 0.15) is 6.04 Å². The minimum Gasteiger partial charge on any atom is -0.323 e. The van der Waals surface area contributed by atoms with Crippen LogP contribution in [-0.2, 0) is 4.79 Å². The van der Waals surface area contributed by atoms with E-state index in [1.807, 2.05) is 26.0 Å². The molecule has 1 unspecified atom stereocenters. The normalized spacial score (nSPS) is 11.4. The first-order chi connectivity index (χ1) is 14.3. The van der Waals surface area contributed by atoms with E-state index in [0.717, 1.165) is 11.4 Å². The molecule has 0 saturated heterocycles. The van der Waals surface area contributed by atoms with Crippen LogP contribution in [0.15, 0.2) is 48.5 Å². The second kappa shape index (κ2) is 8.80. The van der Waals surface area contributed by atoms with Crippen molar-refractivity contribution in [1.29, 1.82) is 5.26 Å². The smallest absolute Gasteiger partial charge is 0.255 e. The Labute approximate surface area is 179 Å². The molecule has 0 bridgehead atoms. The Hall–Kier alpha value is -3.63. The number of aromatic nitrogens is 2. The van der Waals surface area contributed by atoms with E-state index in [2.05, 4.69) is 15.7 Å². The van der Waals surface area contributed by atoms with Crippen molar-refractivity contribution in [2.75, 3.05) is 10.6 Å². The fourth-order valence-corrected chi connectivity index (χ4v) is 3.24. The zero-order chi connectivity index (χ0) is 21.8. The highest BCUT2D eigenvalue weighted by Gasteiger charge is 2.19. The van der Waals surface area contributed by atoms with E-state index in [-0.39, 0.29) is 16.8 Å². The van der Waals surface area contributed by atoms with E-state index in [9.17, 15) is 9.59 Å². The van der Waals surface area contributed by atoms with E-state index < -0.39 is 6.04 Å². The van der Waals surface area contributed by atoms with Crippen LogP contribution in [0, 0.1) is 25.2 Å². The maximum absolute atomic E-state index is 12.6. The van der Waals surface area contributed by atoms with Crippen LogP contribution in [0.1, 0.15) is 40.3 Å². The minimum absolute atomic E-state index is 0.256. The summed E-state index contributed by atoms with van der Waals surface area (Å²) in [5, 5.41) is 19.1. The highest BCUT2D eigenvalue weighted by molar-refractivity contribution is 6.34. The lowest BCUT2D eigenvalue weighted by molar-refractivity contribution is -0.119. The van der Waals surface area contributed by atoms with Crippen molar-refractivity contribution in [1.82, 2.24) is 9.78 Å². The number of amides is 2. The number of carbonyl (C=O) groups is 2. The van der Waals surface area contributed by atoms with Crippen molar-refractivity contribution >= 4 is 34.8 Å². The van der Waals surface area contributed by atoms with Gasteiger partial charge in [-0.2, -0.15) is 10.4 Å². The van der Waals surface area contributed by atoms with Gasteiger partial charge in [-0.3, -0.25) is 14.3 Å². The van der Waals surface area contributed by atoms with E-state index >= 15 is 0 Å². The van der Waals surface area contributed by atoms with Crippen LogP contribution in [0.3, 0.4) is 0 Å². The molecule has 0 aliphatic rings. The lowest BCUT2D eigenvalue weighted by Crippen LogP contribution is -2.25. The quantitative estimate of drug-likeness (QED) is 0.634. The zero-order valence-corrected chi connectivity index (χ0v) is 17.5. The van der Waals surface area contributed by atoms with Crippen LogP contribution in [0.5, 0.6) is 0 Å². The number of benzene rings is 2. The third kappa shape index (κ3) is 4.67. The average molecular weight is 422 g/mol. The van der Waals surface area contributed by atoms with Crippen LogP contribution in [0.2, 0.25) is 5.02 Å². The summed E-state index contributed by atoms with van der Waals surface area (Å²) in [4.78, 5) is 25.0. The molecule has 2 aromatic carbocycles. The van der Waals surface area contributed by atoms with Crippen molar-refractivity contribution in [3.05, 3.63) is 76.1 Å². The van der Waals surface area contributed by atoms with Crippen LogP contribution in [0.4, 0.5) is 11.4 Å². The first-order valence-electron chi connectivity index (χ1n) is 9.23. The van der Waals surface area contributed by atoms with Gasteiger partial charge in [0.05, 0.1) is 28.0 Å². The van der Waals surface area contributed by atoms with Crippen LogP contribution in [0.25, 0.3) is 0 Å². The zero-order valence-electron chi connectivity index (χ0n) is 16.7. The topological polar surface area (TPSA) is 99.8 Å². The standard InChI is InChI=1S/C22H20ClN5O2/c1-13-9-14(2)28(27-13)15(3)21(29)26-20-8-7-18(11-19(20)23)25-22(30)17-6-4-5-16(10-17)12-24/h4-11,15H,1-3H3,(H,25,30)(H,26,29). The van der Waals surface area contributed by atoms with Gasteiger partial charge in [-0.25, -0.2) is 0 Å². The van der Waals surface area contributed by atoms with E-state index in [0.29, 0.717) is 22.5 Å². The Bertz CT molecular complexity index is 1160. The highest BCUT2D eigenvalue weighted by Crippen LogP contribution is 2.27. The Morgan fingerprint density at radius 1 is 1.13 bits per heavy atom. The summed E-state index contributed by atoms with van der Waals surface area (Å²) in [6, 6.07) is 14.6. The molecule has 1 heterocycles. The van der Waals surface area contributed by atoms with Crippen molar-refractivity contribution in [3.63, 3.8) is 0 Å². The number of anilines is 2. The maximum Gasteiger partial charge on any atom is 0.255 e. The van der Waals surface area contributed by atoms with Gasteiger partial charge in [0, 0.05) is 16.9 Å². The van der Waals surface area contributed by atoms with Crippen LogP contribution < -0.4 is 10.6 Å². The number of rotatable bonds is 5. The minimum atomic E-state index is -0.512. The van der Waals surface area contributed by atoms with Gasteiger partial charge in [-0.15, -0.1) is 0 Å². The number of nitrogens with one attached hydrogen (secondary N) is 2. The predicted octanol–water partition coefficient (Wildman–Crippen LogP) is 4.48. The Morgan fingerprint density at radius 2 is 1.90 bits per heavy atom. The SMILES string of the molecule is Cc1cc(C)n(C(C)C(=O)Nc2ccc(NC(=O)c3cccc(C#N)c3)cc2Cl)n1. The first-order valence-corrected chi connectivity index (χ1v) is 9.61. The second-order valence-corrected chi connectivity index (χ2v) is 7.29. The molecule has 152 valence electrons. The van der Waals surface area contributed by atoms with Gasteiger partial charge < -0.3 is 10.6 Å². The van der Waals surface area contributed by atoms with Crippen LogP contribution in [-0.4, -0.2) is 21.6 Å². The van der Waals surface area contributed by atoms with Gasteiger partial charge >= 0.3 is 0 Å². The lowest BCUT2D eigenvalue weighted by atomic mass is 10.1. The maximum atomic E-state index is 12.6. The molecule has 2 amide bonds. The molecular weight excluding hydrogens is 402 g/mol. The molecule has 0 saturated carbocycles. The molecule has 3 aromatic rings. The number of hydrogen-bond donors (Lipinski definition) is 2. The molecule has 3 rings (SSSR count). The van der Waals surface area contributed by atoms with Crippen molar-refractivity contribution < 1.29 is 9.59 Å². The summed E-state index contributed by atoms with van der Waals surface area (Å²) in [5.41, 5.74) is 3.39. The number of halogens is 1. The molecule has 0 radical (unpaired) electrons. The Kier molecular flexibility index (Phi) is 6.19. The number of nitriles is 1. The van der Waals surface area contributed by atoms with Crippen molar-refractivity contribution in [2.45, 2.75) is 26.8 Å². The van der Waals surface area contributed by atoms with Gasteiger partial charge in [0.25, 0.3) is 5.91 Å². The third-order valence-electron chi connectivity index (χ3n) is 4.53. The summed E-state index contributed by atoms with van der Waals surface area (Å²) in [7, 11) is 0. The molecular formula is C22H20ClN5O2. The molecule has 30 heavy (non-hydrogen) atoms. The largest absolute Gasteiger partial charge is 0.323 e. The monoisotopic (exact) mass is 421 g/mol. The Balaban J connectivity index is 1.70. The molecule has 0 aliphatic heterocycles. The van der Waals surface area contributed by atoms with Crippen LogP contribution >= 0.6 is 11.6 Å². The number of hydrogen-bond acceptors (Lipinski definition) is 4. The number of carbonyl (C=O) groups excluding carboxylic acids is 2. The Morgan fingerprint density at radius 3 is 2.53 bits per heavy atom. The second-order valence-electron chi connectivity index (χ2n) is 6.88. The van der Waals surface area contributed by atoms with Gasteiger partial charge in [0.15, 0.2) is 0 Å². The molecule has 1 aromatic heterocycles. The molecule has 7 nitrogen and oxygen atoms in total. The predicted molar refractivity (Wildman–Crippen MR) is 116 cm³/mol. The van der Waals surface area contributed by atoms with Crippen molar-refractivity contribution in [2.24, 2.45) is 0 Å². The van der Waals surface area contributed by atoms with E-state index in [4.69, 9.17) is 16.9 Å². The average Bonchev–Trinajstić information content (AvgIpc) is 3.07. The summed E-state index contributed by atoms with van der Waals surface area (Å²) in [6.45, 7) is 5.52. The molecule has 0 spiro atoms. The number of nitrogens with zero attached hydrogens (tertiary/aromatic N) is 3. The summed E-state index contributed by atoms with van der Waals surface area (Å²) in [6.07, 6.45) is 0. The molecule has 1 atom stereocenters. The lowest BCUT2D eigenvalue weighted by Gasteiger charge is -2.16. The van der Waals surface area contributed by atoms with Gasteiger partial charge in [-0.05, 0) is 63.2 Å². The summed E-state index contributed by atoms with van der Waals surface area (Å²) < 4.78 is 1.66. The van der Waals surface area contributed by atoms with Gasteiger partial charge in [-0.1, -0.05) is 17.7 Å². The molecule has 8 heteroatoms. The fraction of sp³-hybridized carbons (Fsp3) is 0.182. The first kappa shape index (κ1) is 21.1. The summed E-state index contributed by atoms with van der Waals surface area (Å²) >= 11 is 6.31. The number of aryl methyl sites for hydroxylation is 2. The van der Waals surface area contributed by atoms with E-state index in [1.165, 1.54) is 6.07 Å².